The van der Waals surface area contributed by atoms with Crippen LogP contribution in [0, 0.1) is 5.92 Å². The van der Waals surface area contributed by atoms with E-state index in [1.165, 1.54) is 0 Å². The Kier molecular flexibility index (Phi) is 6.33. The van der Waals surface area contributed by atoms with Gasteiger partial charge < -0.3 is 22.0 Å². The lowest BCUT2D eigenvalue weighted by molar-refractivity contribution is -0.154. The Bertz CT molecular complexity index is 280. The molecule has 0 aliphatic carbocycles. The molecule has 0 aliphatic rings. The van der Waals surface area contributed by atoms with Crippen molar-refractivity contribution < 1.29 is 23.2 Å². The van der Waals surface area contributed by atoms with Gasteiger partial charge in [-0.3, -0.25) is 4.79 Å². The second kappa shape index (κ2) is 6.94. The van der Waals surface area contributed by atoms with Gasteiger partial charge in [-0.15, -0.1) is 0 Å². The molecule has 1 amide bonds. The van der Waals surface area contributed by atoms with Gasteiger partial charge in [-0.25, -0.2) is 0 Å². The molecule has 0 radical (unpaired) electrons. The summed E-state index contributed by atoms with van der Waals surface area (Å²) in [5.74, 6) is -3.48. The topological polar surface area (TPSA) is 114 Å². The van der Waals surface area contributed by atoms with Crippen LogP contribution in [0.25, 0.3) is 0 Å². The first-order chi connectivity index (χ1) is 7.79. The molecule has 6 N–H and O–H groups in total. The Morgan fingerprint density at radius 1 is 1.41 bits per heavy atom. The van der Waals surface area contributed by atoms with E-state index in [-0.39, 0.29) is 13.0 Å². The predicted molar refractivity (Wildman–Crippen MR) is 54.3 cm³/mol. The van der Waals surface area contributed by atoms with Crippen molar-refractivity contribution in [1.29, 1.82) is 0 Å². The fraction of sp³-hybridized carbons (Fsp3) is 0.750. The number of hydrogen-bond donors (Lipinski definition) is 4. The van der Waals surface area contributed by atoms with Gasteiger partial charge in [-0.05, 0) is 13.0 Å². The summed E-state index contributed by atoms with van der Waals surface area (Å²) in [6.45, 7) is -0.327. The van der Waals surface area contributed by atoms with Crippen molar-refractivity contribution in [1.82, 2.24) is 5.32 Å². The first-order valence-electron chi connectivity index (χ1n) is 4.82. The number of oxime groups is 1. The third-order valence-electron chi connectivity index (χ3n) is 1.99. The summed E-state index contributed by atoms with van der Waals surface area (Å²) in [6.07, 6.45) is -4.17. The van der Waals surface area contributed by atoms with Crippen molar-refractivity contribution in [3.05, 3.63) is 0 Å². The van der Waals surface area contributed by atoms with E-state index in [1.807, 2.05) is 0 Å². The second-order valence-corrected chi connectivity index (χ2v) is 3.39. The standard InChI is InChI=1S/C8H15F3N4O2/c9-8(10,11)5(7(13)15-17)4-14-3-1-2-6(12)16/h5,14,17H,1-4H2,(H2,12,16)(H2,13,15). The quantitative estimate of drug-likeness (QED) is 0.165. The van der Waals surface area contributed by atoms with Gasteiger partial charge in [0.1, 0.15) is 5.92 Å². The zero-order chi connectivity index (χ0) is 13.5. The number of carbonyl (C=O) groups excluding carboxylic acids is 1. The largest absolute Gasteiger partial charge is 0.409 e. The van der Waals surface area contributed by atoms with E-state index < -0.39 is 30.4 Å². The lowest BCUT2D eigenvalue weighted by Gasteiger charge is -2.19. The number of alkyl halides is 3. The van der Waals surface area contributed by atoms with Gasteiger partial charge in [0, 0.05) is 13.0 Å². The number of halogens is 3. The van der Waals surface area contributed by atoms with Crippen LogP contribution >= 0.6 is 0 Å². The normalized spacial score (nSPS) is 14.6. The van der Waals surface area contributed by atoms with E-state index >= 15 is 0 Å². The van der Waals surface area contributed by atoms with Crippen molar-refractivity contribution in [2.45, 2.75) is 19.0 Å². The van der Waals surface area contributed by atoms with Crippen LogP contribution < -0.4 is 16.8 Å². The summed E-state index contributed by atoms with van der Waals surface area (Å²) in [4.78, 5) is 10.4. The van der Waals surface area contributed by atoms with E-state index in [0.29, 0.717) is 6.42 Å². The molecule has 0 saturated heterocycles. The summed E-state index contributed by atoms with van der Waals surface area (Å²) < 4.78 is 37.2. The van der Waals surface area contributed by atoms with Crippen LogP contribution in [0.2, 0.25) is 0 Å². The summed E-state index contributed by atoms with van der Waals surface area (Å²) in [7, 11) is 0. The Labute approximate surface area is 95.8 Å². The van der Waals surface area contributed by atoms with Crippen LogP contribution in [-0.2, 0) is 4.79 Å². The molecule has 100 valence electrons. The van der Waals surface area contributed by atoms with Gasteiger partial charge in [-0.1, -0.05) is 5.16 Å². The monoisotopic (exact) mass is 256 g/mol. The van der Waals surface area contributed by atoms with Gasteiger partial charge in [0.25, 0.3) is 0 Å². The number of nitrogens with zero attached hydrogens (tertiary/aromatic N) is 1. The number of hydrogen-bond acceptors (Lipinski definition) is 4. The first kappa shape index (κ1) is 15.5. The maximum absolute atomic E-state index is 12.4. The van der Waals surface area contributed by atoms with Gasteiger partial charge in [0.15, 0.2) is 5.84 Å². The number of primary amides is 1. The zero-order valence-electron chi connectivity index (χ0n) is 9.00. The minimum atomic E-state index is -4.59. The number of carbonyl (C=O) groups is 1. The van der Waals surface area contributed by atoms with Gasteiger partial charge in [0.2, 0.25) is 5.91 Å². The molecule has 0 aromatic carbocycles. The molecule has 0 aromatic heterocycles. The molecule has 0 rings (SSSR count). The lowest BCUT2D eigenvalue weighted by atomic mass is 10.1. The Morgan fingerprint density at radius 2 is 2.00 bits per heavy atom. The predicted octanol–water partition coefficient (Wildman–Crippen LogP) is -0.234. The molecule has 0 aromatic rings. The number of rotatable bonds is 7. The summed E-state index contributed by atoms with van der Waals surface area (Å²) >= 11 is 0. The maximum Gasteiger partial charge on any atom is 0.400 e. The highest BCUT2D eigenvalue weighted by Gasteiger charge is 2.42. The average Bonchev–Trinajstić information content (AvgIpc) is 2.20. The van der Waals surface area contributed by atoms with Crippen LogP contribution in [0.3, 0.4) is 0 Å². The Hall–Kier alpha value is -1.51. The smallest absolute Gasteiger partial charge is 0.400 e. The molecule has 0 spiro atoms. The first-order valence-corrected chi connectivity index (χ1v) is 4.82. The van der Waals surface area contributed by atoms with E-state index in [1.54, 1.807) is 0 Å². The van der Waals surface area contributed by atoms with Gasteiger partial charge >= 0.3 is 6.18 Å². The SMILES string of the molecule is NC(=O)CCCNCC(C(N)=NO)C(F)(F)F. The van der Waals surface area contributed by atoms with Crippen molar-refractivity contribution in [2.75, 3.05) is 13.1 Å². The average molecular weight is 256 g/mol. The number of amides is 1. The Balaban J connectivity index is 4.07. The maximum atomic E-state index is 12.4. The molecule has 6 nitrogen and oxygen atoms in total. The van der Waals surface area contributed by atoms with E-state index in [0.717, 1.165) is 0 Å². The number of nitrogens with two attached hydrogens (primary N) is 2. The Morgan fingerprint density at radius 3 is 2.41 bits per heavy atom. The number of nitrogens with one attached hydrogen (secondary N) is 1. The van der Waals surface area contributed by atoms with Gasteiger partial charge in [0.05, 0.1) is 0 Å². The van der Waals surface area contributed by atoms with Crippen LogP contribution in [0.1, 0.15) is 12.8 Å². The summed E-state index contributed by atoms with van der Waals surface area (Å²) in [5, 5.41) is 13.0. The second-order valence-electron chi connectivity index (χ2n) is 3.39. The molecule has 1 unspecified atom stereocenters. The van der Waals surface area contributed by atoms with Crippen LogP contribution in [0.15, 0.2) is 5.16 Å². The minimum absolute atomic E-state index is 0.0905. The fourth-order valence-electron chi connectivity index (χ4n) is 1.09. The fourth-order valence-corrected chi connectivity index (χ4v) is 1.09. The summed E-state index contributed by atoms with van der Waals surface area (Å²) in [6, 6.07) is 0. The highest BCUT2D eigenvalue weighted by Crippen LogP contribution is 2.25. The van der Waals surface area contributed by atoms with Crippen molar-refractivity contribution in [3.8, 4) is 0 Å². The molecule has 17 heavy (non-hydrogen) atoms. The highest BCUT2D eigenvalue weighted by atomic mass is 19.4. The highest BCUT2D eigenvalue weighted by molar-refractivity contribution is 5.83. The molecule has 0 aliphatic heterocycles. The third kappa shape index (κ3) is 6.61. The number of amidine groups is 1. The molecule has 0 bridgehead atoms. The van der Waals surface area contributed by atoms with Crippen LogP contribution in [-0.4, -0.2) is 36.2 Å². The van der Waals surface area contributed by atoms with E-state index in [9.17, 15) is 18.0 Å². The van der Waals surface area contributed by atoms with Crippen LogP contribution in [0.4, 0.5) is 13.2 Å². The molecule has 9 heteroatoms. The van der Waals surface area contributed by atoms with Gasteiger partial charge in [-0.2, -0.15) is 13.2 Å². The van der Waals surface area contributed by atoms with Crippen molar-refractivity contribution in [2.24, 2.45) is 22.5 Å². The lowest BCUT2D eigenvalue weighted by Crippen LogP contribution is -2.43. The van der Waals surface area contributed by atoms with Crippen molar-refractivity contribution in [3.63, 3.8) is 0 Å². The molecule has 0 saturated carbocycles. The molecular weight excluding hydrogens is 241 g/mol. The molecule has 0 heterocycles. The minimum Gasteiger partial charge on any atom is -0.409 e. The van der Waals surface area contributed by atoms with Crippen molar-refractivity contribution >= 4 is 11.7 Å². The molecule has 1 atom stereocenters. The van der Waals surface area contributed by atoms with E-state index in [4.69, 9.17) is 16.7 Å². The molecular formula is C8H15F3N4O2. The molecule has 0 fully saturated rings. The zero-order valence-corrected chi connectivity index (χ0v) is 9.00. The van der Waals surface area contributed by atoms with Crippen LogP contribution in [0.5, 0.6) is 0 Å². The van der Waals surface area contributed by atoms with E-state index in [2.05, 4.69) is 10.5 Å². The third-order valence-corrected chi connectivity index (χ3v) is 1.99. The summed E-state index contributed by atoms with van der Waals surface area (Å²) in [5.41, 5.74) is 9.79.